The van der Waals surface area contributed by atoms with Gasteiger partial charge in [-0.1, -0.05) is 11.3 Å². The molecule has 0 fully saturated rings. The second kappa shape index (κ2) is 5.87. The highest BCUT2D eigenvalue weighted by Gasteiger charge is 2.13. The Labute approximate surface area is 116 Å². The van der Waals surface area contributed by atoms with Crippen molar-refractivity contribution in [3.05, 3.63) is 29.6 Å². The molecule has 1 unspecified atom stereocenters. The van der Waals surface area contributed by atoms with E-state index in [-0.39, 0.29) is 6.04 Å². The molecule has 2 aromatic rings. The molecular formula is C13H17N5O2. The van der Waals surface area contributed by atoms with Gasteiger partial charge in [-0.3, -0.25) is 0 Å². The van der Waals surface area contributed by atoms with Crippen LogP contribution in [0.4, 0.5) is 0 Å². The number of rotatable bonds is 4. The molecule has 0 saturated heterocycles. The number of benzene rings is 1. The van der Waals surface area contributed by atoms with E-state index in [1.54, 1.807) is 0 Å². The van der Waals surface area contributed by atoms with E-state index in [4.69, 9.17) is 9.47 Å². The number of H-pyrrole nitrogens is 1. The molecule has 2 N–H and O–H groups in total. The Hall–Kier alpha value is -2.15. The van der Waals surface area contributed by atoms with Crippen molar-refractivity contribution in [2.45, 2.75) is 25.9 Å². The largest absolute Gasteiger partial charge is 0.490 e. The number of aromatic nitrogens is 4. The highest BCUT2D eigenvalue weighted by atomic mass is 16.5. The molecule has 1 atom stereocenters. The van der Waals surface area contributed by atoms with E-state index in [1.165, 1.54) is 0 Å². The predicted octanol–water partition coefficient (Wildman–Crippen LogP) is 1.21. The quantitative estimate of drug-likeness (QED) is 0.872. The number of fused-ring (bicyclic) bond motifs is 1. The van der Waals surface area contributed by atoms with Gasteiger partial charge >= 0.3 is 0 Å². The van der Waals surface area contributed by atoms with Crippen LogP contribution < -0.4 is 14.8 Å². The average molecular weight is 275 g/mol. The van der Waals surface area contributed by atoms with Gasteiger partial charge in [0, 0.05) is 12.5 Å². The first-order valence-electron chi connectivity index (χ1n) is 6.68. The Bertz CT molecular complexity index is 558. The lowest BCUT2D eigenvalue weighted by atomic mass is 10.1. The molecular weight excluding hydrogens is 258 g/mol. The molecule has 2 heterocycles. The molecule has 1 aliphatic rings. The van der Waals surface area contributed by atoms with Crippen LogP contribution in [0, 0.1) is 0 Å². The van der Waals surface area contributed by atoms with Crippen molar-refractivity contribution >= 4 is 0 Å². The van der Waals surface area contributed by atoms with Gasteiger partial charge in [-0.15, -0.1) is 10.2 Å². The zero-order valence-corrected chi connectivity index (χ0v) is 11.3. The van der Waals surface area contributed by atoms with Crippen LogP contribution >= 0.6 is 0 Å². The number of nitrogens with zero attached hydrogens (tertiary/aromatic N) is 3. The fourth-order valence-corrected chi connectivity index (χ4v) is 2.07. The van der Waals surface area contributed by atoms with Gasteiger partial charge in [0.2, 0.25) is 0 Å². The fraction of sp³-hybridized carbons (Fsp3) is 0.462. The Morgan fingerprint density at radius 1 is 1.30 bits per heavy atom. The molecule has 20 heavy (non-hydrogen) atoms. The van der Waals surface area contributed by atoms with Crippen molar-refractivity contribution < 1.29 is 9.47 Å². The number of nitrogens with one attached hydrogen (secondary N) is 2. The van der Waals surface area contributed by atoms with E-state index in [0.29, 0.717) is 25.6 Å². The van der Waals surface area contributed by atoms with Crippen LogP contribution in [0.25, 0.3) is 0 Å². The summed E-state index contributed by atoms with van der Waals surface area (Å²) >= 11 is 0. The fourth-order valence-electron chi connectivity index (χ4n) is 2.07. The van der Waals surface area contributed by atoms with Crippen LogP contribution in [0.2, 0.25) is 0 Å². The summed E-state index contributed by atoms with van der Waals surface area (Å²) in [4.78, 5) is 0. The molecule has 7 heteroatoms. The number of hydrogen-bond donors (Lipinski definition) is 2. The third-order valence-corrected chi connectivity index (χ3v) is 3.23. The summed E-state index contributed by atoms with van der Waals surface area (Å²) in [6, 6.07) is 6.18. The molecule has 0 radical (unpaired) electrons. The van der Waals surface area contributed by atoms with E-state index in [0.717, 1.165) is 23.5 Å². The average Bonchev–Trinajstić information content (AvgIpc) is 2.88. The van der Waals surface area contributed by atoms with Gasteiger partial charge in [0.1, 0.15) is 0 Å². The van der Waals surface area contributed by atoms with E-state index >= 15 is 0 Å². The van der Waals surface area contributed by atoms with Gasteiger partial charge in [-0.25, -0.2) is 0 Å². The first kappa shape index (κ1) is 12.9. The Kier molecular flexibility index (Phi) is 3.78. The number of tetrazole rings is 1. The normalized spacial score (nSPS) is 15.7. The standard InChI is InChI=1S/C13H17N5O2/c1-9(14-8-13-15-17-18-16-13)10-3-4-11-12(7-10)20-6-2-5-19-11/h3-4,7,9,14H,2,5-6,8H2,1H3,(H,15,16,17,18). The molecule has 0 saturated carbocycles. The third-order valence-electron chi connectivity index (χ3n) is 3.23. The summed E-state index contributed by atoms with van der Waals surface area (Å²) in [7, 11) is 0. The monoisotopic (exact) mass is 275 g/mol. The SMILES string of the molecule is CC(NCc1nn[nH]n1)c1ccc2c(c1)OCCCO2. The lowest BCUT2D eigenvalue weighted by Crippen LogP contribution is -2.19. The van der Waals surface area contributed by atoms with Crippen LogP contribution in [-0.2, 0) is 6.54 Å². The van der Waals surface area contributed by atoms with Gasteiger partial charge in [0.25, 0.3) is 0 Å². The van der Waals surface area contributed by atoms with Gasteiger partial charge in [-0.05, 0) is 24.6 Å². The molecule has 1 aromatic heterocycles. The molecule has 0 amide bonds. The van der Waals surface area contributed by atoms with Crippen LogP contribution in [0.1, 0.15) is 30.8 Å². The van der Waals surface area contributed by atoms with Crippen LogP contribution in [0.15, 0.2) is 18.2 Å². The van der Waals surface area contributed by atoms with Crippen molar-refractivity contribution in [2.24, 2.45) is 0 Å². The zero-order chi connectivity index (χ0) is 13.8. The minimum atomic E-state index is 0.158. The van der Waals surface area contributed by atoms with Crippen molar-refractivity contribution in [1.29, 1.82) is 0 Å². The summed E-state index contributed by atoms with van der Waals surface area (Å²) in [6.07, 6.45) is 0.912. The highest BCUT2D eigenvalue weighted by molar-refractivity contribution is 5.44. The van der Waals surface area contributed by atoms with Gasteiger partial charge in [0.05, 0.1) is 19.8 Å². The maximum absolute atomic E-state index is 5.70. The number of ether oxygens (including phenoxy) is 2. The lowest BCUT2D eigenvalue weighted by Gasteiger charge is -2.15. The summed E-state index contributed by atoms with van der Waals surface area (Å²) < 4.78 is 11.3. The third kappa shape index (κ3) is 2.88. The van der Waals surface area contributed by atoms with E-state index in [2.05, 4.69) is 32.9 Å². The summed E-state index contributed by atoms with van der Waals surface area (Å²) in [5.41, 5.74) is 1.14. The molecule has 0 bridgehead atoms. The maximum atomic E-state index is 5.70. The Balaban J connectivity index is 1.68. The molecule has 106 valence electrons. The van der Waals surface area contributed by atoms with Crippen LogP contribution in [0.3, 0.4) is 0 Å². The lowest BCUT2D eigenvalue weighted by molar-refractivity contribution is 0.297. The molecule has 3 rings (SSSR count). The molecule has 1 aromatic carbocycles. The zero-order valence-electron chi connectivity index (χ0n) is 11.3. The van der Waals surface area contributed by atoms with Crippen LogP contribution in [-0.4, -0.2) is 33.8 Å². The summed E-state index contributed by atoms with van der Waals surface area (Å²) in [5, 5.41) is 17.1. The number of hydrogen-bond acceptors (Lipinski definition) is 6. The summed E-state index contributed by atoms with van der Waals surface area (Å²) in [6.45, 7) is 4.05. The van der Waals surface area contributed by atoms with E-state index < -0.39 is 0 Å². The second-order valence-corrected chi connectivity index (χ2v) is 4.69. The van der Waals surface area contributed by atoms with Gasteiger partial charge < -0.3 is 14.8 Å². The number of aromatic amines is 1. The van der Waals surface area contributed by atoms with Crippen molar-refractivity contribution in [1.82, 2.24) is 25.9 Å². The Morgan fingerprint density at radius 2 is 2.15 bits per heavy atom. The van der Waals surface area contributed by atoms with Crippen molar-refractivity contribution in [2.75, 3.05) is 13.2 Å². The maximum Gasteiger partial charge on any atom is 0.188 e. The molecule has 0 aliphatic carbocycles. The topological polar surface area (TPSA) is 85.0 Å². The molecule has 0 spiro atoms. The minimum absolute atomic E-state index is 0.158. The smallest absolute Gasteiger partial charge is 0.188 e. The van der Waals surface area contributed by atoms with Gasteiger partial charge in [-0.2, -0.15) is 5.21 Å². The first-order valence-corrected chi connectivity index (χ1v) is 6.68. The predicted molar refractivity (Wildman–Crippen MR) is 71.5 cm³/mol. The van der Waals surface area contributed by atoms with Crippen molar-refractivity contribution in [3.63, 3.8) is 0 Å². The second-order valence-electron chi connectivity index (χ2n) is 4.69. The summed E-state index contributed by atoms with van der Waals surface area (Å²) in [5.74, 6) is 2.27. The highest BCUT2D eigenvalue weighted by Crippen LogP contribution is 2.32. The van der Waals surface area contributed by atoms with Gasteiger partial charge in [0.15, 0.2) is 17.3 Å². The minimum Gasteiger partial charge on any atom is -0.490 e. The van der Waals surface area contributed by atoms with E-state index in [9.17, 15) is 0 Å². The van der Waals surface area contributed by atoms with Crippen LogP contribution in [0.5, 0.6) is 11.5 Å². The first-order chi connectivity index (χ1) is 9.83. The van der Waals surface area contributed by atoms with E-state index in [1.807, 2.05) is 18.2 Å². The Morgan fingerprint density at radius 3 is 2.95 bits per heavy atom. The molecule has 1 aliphatic heterocycles. The van der Waals surface area contributed by atoms with Crippen molar-refractivity contribution in [3.8, 4) is 11.5 Å². The molecule has 7 nitrogen and oxygen atoms in total.